The molecule has 2 heteroatoms. The molecule has 0 aromatic heterocycles. The molecule has 1 heterocycles. The Morgan fingerprint density at radius 3 is 2.45 bits per heavy atom. The zero-order chi connectivity index (χ0) is 7.68. The standard InChI is InChI=1S/C9H17NS/c1-7-6-9(7)10-8-2-4-11-5-3-8/h7-10H,2-6H2,1H3/t7-,9-/m1/s1. The van der Waals surface area contributed by atoms with Crippen LogP contribution in [0.15, 0.2) is 0 Å². The van der Waals surface area contributed by atoms with Gasteiger partial charge < -0.3 is 5.32 Å². The molecule has 0 amide bonds. The number of rotatable bonds is 2. The summed E-state index contributed by atoms with van der Waals surface area (Å²) in [5.74, 6) is 3.71. The van der Waals surface area contributed by atoms with Crippen LogP contribution in [0.2, 0.25) is 0 Å². The summed E-state index contributed by atoms with van der Waals surface area (Å²) in [5, 5.41) is 3.73. The SMILES string of the molecule is C[C@@H]1C[C@H]1NC1CCSCC1. The summed E-state index contributed by atoms with van der Waals surface area (Å²) in [4.78, 5) is 0. The Labute approximate surface area is 73.3 Å². The molecule has 2 aliphatic rings. The lowest BCUT2D eigenvalue weighted by Crippen LogP contribution is -2.34. The summed E-state index contributed by atoms with van der Waals surface area (Å²) in [5.41, 5.74) is 0. The molecule has 0 aromatic carbocycles. The molecular formula is C9H17NS. The zero-order valence-electron chi connectivity index (χ0n) is 7.18. The van der Waals surface area contributed by atoms with E-state index in [-0.39, 0.29) is 0 Å². The van der Waals surface area contributed by atoms with Gasteiger partial charge in [-0.3, -0.25) is 0 Å². The molecule has 0 aromatic rings. The van der Waals surface area contributed by atoms with Gasteiger partial charge in [-0.1, -0.05) is 6.92 Å². The maximum atomic E-state index is 3.73. The van der Waals surface area contributed by atoms with E-state index in [1.54, 1.807) is 0 Å². The average Bonchev–Trinajstić information content (AvgIpc) is 2.69. The first kappa shape index (κ1) is 7.93. The molecule has 1 aliphatic carbocycles. The second-order valence-electron chi connectivity index (χ2n) is 3.87. The minimum Gasteiger partial charge on any atom is -0.311 e. The van der Waals surface area contributed by atoms with Crippen LogP contribution < -0.4 is 5.32 Å². The summed E-state index contributed by atoms with van der Waals surface area (Å²) >= 11 is 2.11. The summed E-state index contributed by atoms with van der Waals surface area (Å²) in [6, 6.07) is 1.73. The Kier molecular flexibility index (Phi) is 2.42. The predicted molar refractivity (Wildman–Crippen MR) is 51.1 cm³/mol. The smallest absolute Gasteiger partial charge is 0.00989 e. The fourth-order valence-electron chi connectivity index (χ4n) is 1.72. The lowest BCUT2D eigenvalue weighted by atomic mass is 10.1. The first-order chi connectivity index (χ1) is 5.36. The van der Waals surface area contributed by atoms with Crippen LogP contribution in [-0.2, 0) is 0 Å². The van der Waals surface area contributed by atoms with Gasteiger partial charge in [0.15, 0.2) is 0 Å². The summed E-state index contributed by atoms with van der Waals surface area (Å²) in [7, 11) is 0. The van der Waals surface area contributed by atoms with Crippen LogP contribution in [0.4, 0.5) is 0 Å². The average molecular weight is 171 g/mol. The van der Waals surface area contributed by atoms with Gasteiger partial charge in [0.25, 0.3) is 0 Å². The second kappa shape index (κ2) is 3.36. The van der Waals surface area contributed by atoms with Gasteiger partial charge in [-0.15, -0.1) is 0 Å². The molecule has 0 bridgehead atoms. The van der Waals surface area contributed by atoms with Crippen molar-refractivity contribution in [2.45, 2.75) is 38.3 Å². The van der Waals surface area contributed by atoms with Crippen molar-refractivity contribution >= 4 is 11.8 Å². The van der Waals surface area contributed by atoms with Crippen LogP contribution in [0.5, 0.6) is 0 Å². The van der Waals surface area contributed by atoms with Gasteiger partial charge in [-0.2, -0.15) is 11.8 Å². The maximum Gasteiger partial charge on any atom is 0.00989 e. The Morgan fingerprint density at radius 1 is 1.27 bits per heavy atom. The highest BCUT2D eigenvalue weighted by molar-refractivity contribution is 7.99. The fraction of sp³-hybridized carbons (Fsp3) is 1.00. The zero-order valence-corrected chi connectivity index (χ0v) is 7.99. The van der Waals surface area contributed by atoms with Gasteiger partial charge in [-0.25, -0.2) is 0 Å². The molecule has 1 aliphatic heterocycles. The summed E-state index contributed by atoms with van der Waals surface area (Å²) in [6.07, 6.45) is 4.21. The Morgan fingerprint density at radius 2 is 1.91 bits per heavy atom. The predicted octanol–water partition coefficient (Wildman–Crippen LogP) is 1.88. The number of hydrogen-bond donors (Lipinski definition) is 1. The molecule has 0 unspecified atom stereocenters. The molecule has 0 spiro atoms. The van der Waals surface area contributed by atoms with Crippen molar-refractivity contribution in [3.05, 3.63) is 0 Å². The van der Waals surface area contributed by atoms with E-state index in [0.717, 1.165) is 18.0 Å². The van der Waals surface area contributed by atoms with Gasteiger partial charge in [0.2, 0.25) is 0 Å². The van der Waals surface area contributed by atoms with E-state index in [0.29, 0.717) is 0 Å². The lowest BCUT2D eigenvalue weighted by molar-refractivity contribution is 0.469. The van der Waals surface area contributed by atoms with Crippen molar-refractivity contribution in [3.63, 3.8) is 0 Å². The van der Waals surface area contributed by atoms with Crippen molar-refractivity contribution in [2.75, 3.05) is 11.5 Å². The van der Waals surface area contributed by atoms with Gasteiger partial charge in [0.05, 0.1) is 0 Å². The van der Waals surface area contributed by atoms with Crippen LogP contribution in [0.25, 0.3) is 0 Å². The van der Waals surface area contributed by atoms with Gasteiger partial charge in [0, 0.05) is 12.1 Å². The third kappa shape index (κ3) is 2.12. The first-order valence-corrected chi connectivity index (χ1v) is 5.85. The molecule has 11 heavy (non-hydrogen) atoms. The van der Waals surface area contributed by atoms with Crippen molar-refractivity contribution in [2.24, 2.45) is 5.92 Å². The van der Waals surface area contributed by atoms with E-state index >= 15 is 0 Å². The Hall–Kier alpha value is 0.310. The van der Waals surface area contributed by atoms with E-state index in [2.05, 4.69) is 24.0 Å². The van der Waals surface area contributed by atoms with Gasteiger partial charge in [-0.05, 0) is 36.7 Å². The van der Waals surface area contributed by atoms with Crippen LogP contribution in [0, 0.1) is 5.92 Å². The first-order valence-electron chi connectivity index (χ1n) is 4.70. The van der Waals surface area contributed by atoms with Crippen molar-refractivity contribution < 1.29 is 0 Å². The molecule has 1 N–H and O–H groups in total. The van der Waals surface area contributed by atoms with Gasteiger partial charge >= 0.3 is 0 Å². The Bertz CT molecular complexity index is 132. The van der Waals surface area contributed by atoms with E-state index in [1.165, 1.54) is 30.8 Å². The minimum atomic E-state index is 0.853. The quantitative estimate of drug-likeness (QED) is 0.681. The van der Waals surface area contributed by atoms with E-state index in [9.17, 15) is 0 Å². The lowest BCUT2D eigenvalue weighted by Gasteiger charge is -2.22. The third-order valence-corrected chi connectivity index (χ3v) is 3.83. The van der Waals surface area contributed by atoms with Crippen LogP contribution in [0.1, 0.15) is 26.2 Å². The number of thioether (sulfide) groups is 1. The second-order valence-corrected chi connectivity index (χ2v) is 5.10. The molecule has 1 saturated heterocycles. The molecule has 2 rings (SSSR count). The topological polar surface area (TPSA) is 12.0 Å². The van der Waals surface area contributed by atoms with Crippen LogP contribution in [-0.4, -0.2) is 23.6 Å². The minimum absolute atomic E-state index is 0.853. The summed E-state index contributed by atoms with van der Waals surface area (Å²) < 4.78 is 0. The molecule has 64 valence electrons. The number of nitrogens with one attached hydrogen (secondary N) is 1. The van der Waals surface area contributed by atoms with E-state index < -0.39 is 0 Å². The van der Waals surface area contributed by atoms with Crippen LogP contribution in [0.3, 0.4) is 0 Å². The van der Waals surface area contributed by atoms with Crippen molar-refractivity contribution in [1.82, 2.24) is 5.32 Å². The third-order valence-electron chi connectivity index (χ3n) is 2.78. The monoisotopic (exact) mass is 171 g/mol. The maximum absolute atomic E-state index is 3.73. The van der Waals surface area contributed by atoms with E-state index in [4.69, 9.17) is 0 Å². The molecule has 2 fully saturated rings. The molecule has 1 saturated carbocycles. The van der Waals surface area contributed by atoms with Crippen LogP contribution >= 0.6 is 11.8 Å². The highest BCUT2D eigenvalue weighted by Gasteiger charge is 2.34. The largest absolute Gasteiger partial charge is 0.311 e. The molecule has 1 nitrogen and oxygen atoms in total. The highest BCUT2D eigenvalue weighted by Crippen LogP contribution is 2.31. The highest BCUT2D eigenvalue weighted by atomic mass is 32.2. The fourth-order valence-corrected chi connectivity index (χ4v) is 2.83. The van der Waals surface area contributed by atoms with Gasteiger partial charge in [0.1, 0.15) is 0 Å². The van der Waals surface area contributed by atoms with Crippen molar-refractivity contribution in [3.8, 4) is 0 Å². The molecular weight excluding hydrogens is 154 g/mol. The Balaban J connectivity index is 1.68. The van der Waals surface area contributed by atoms with Crippen molar-refractivity contribution in [1.29, 1.82) is 0 Å². The molecule has 2 atom stereocenters. The molecule has 0 radical (unpaired) electrons. The summed E-state index contributed by atoms with van der Waals surface area (Å²) in [6.45, 7) is 2.34. The normalized spacial score (nSPS) is 39.0. The van der Waals surface area contributed by atoms with E-state index in [1.807, 2.05) is 0 Å². The number of hydrogen-bond acceptors (Lipinski definition) is 2.